The summed E-state index contributed by atoms with van der Waals surface area (Å²) in [5.74, 6) is -0.103. The minimum atomic E-state index is -0.463. The Hall–Kier alpha value is -2.23. The van der Waals surface area contributed by atoms with Crippen LogP contribution in [0.15, 0.2) is 36.4 Å². The van der Waals surface area contributed by atoms with Crippen LogP contribution in [0.25, 0.3) is 0 Å². The molecule has 0 saturated carbocycles. The van der Waals surface area contributed by atoms with E-state index in [9.17, 15) is 9.50 Å². The average Bonchev–Trinajstić information content (AvgIpc) is 2.49. The van der Waals surface area contributed by atoms with Gasteiger partial charge in [0.05, 0.1) is 0 Å². The van der Waals surface area contributed by atoms with E-state index >= 15 is 0 Å². The Morgan fingerprint density at radius 2 is 1.86 bits per heavy atom. The van der Waals surface area contributed by atoms with Gasteiger partial charge in [0.25, 0.3) is 0 Å². The summed E-state index contributed by atoms with van der Waals surface area (Å²) in [4.78, 5) is 0. The minimum Gasteiger partial charge on any atom is -0.504 e. The van der Waals surface area contributed by atoms with Gasteiger partial charge < -0.3 is 15.2 Å². The van der Waals surface area contributed by atoms with Gasteiger partial charge in [-0.05, 0) is 42.7 Å². The van der Waals surface area contributed by atoms with Gasteiger partial charge in [0.15, 0.2) is 23.1 Å². The molecule has 0 spiro atoms. The molecule has 0 aliphatic rings. The molecule has 0 bridgehead atoms. The third-order valence-electron chi connectivity index (χ3n) is 3.16. The average molecular weight is 289 g/mol. The molecule has 0 unspecified atom stereocenters. The van der Waals surface area contributed by atoms with Crippen LogP contribution >= 0.6 is 0 Å². The Kier molecular flexibility index (Phi) is 5.04. The molecule has 2 N–H and O–H groups in total. The summed E-state index contributed by atoms with van der Waals surface area (Å²) in [6, 6.07) is 9.83. The van der Waals surface area contributed by atoms with E-state index in [0.717, 1.165) is 24.9 Å². The highest BCUT2D eigenvalue weighted by molar-refractivity contribution is 5.50. The first-order chi connectivity index (χ1) is 10.1. The molecule has 112 valence electrons. The highest BCUT2D eigenvalue weighted by Crippen LogP contribution is 2.33. The van der Waals surface area contributed by atoms with Crippen molar-refractivity contribution in [3.8, 4) is 17.2 Å². The summed E-state index contributed by atoms with van der Waals surface area (Å²) in [6.07, 6.45) is 1.79. The van der Waals surface area contributed by atoms with E-state index in [1.54, 1.807) is 24.3 Å². The van der Waals surface area contributed by atoms with Gasteiger partial charge in [-0.3, -0.25) is 0 Å². The Labute approximate surface area is 124 Å². The molecule has 0 saturated heterocycles. The number of ether oxygens (including phenoxy) is 1. The van der Waals surface area contributed by atoms with Gasteiger partial charge >= 0.3 is 0 Å². The van der Waals surface area contributed by atoms with E-state index in [-0.39, 0.29) is 17.2 Å². The second-order valence-corrected chi connectivity index (χ2v) is 4.83. The molecule has 2 aromatic rings. The van der Waals surface area contributed by atoms with E-state index in [4.69, 9.17) is 4.74 Å². The van der Waals surface area contributed by atoms with E-state index in [1.165, 1.54) is 6.07 Å². The zero-order valence-corrected chi connectivity index (χ0v) is 12.3. The monoisotopic (exact) mass is 289 g/mol. The number of halogens is 1. The largest absolute Gasteiger partial charge is 0.504 e. The van der Waals surface area contributed by atoms with Gasteiger partial charge in [-0.1, -0.05) is 19.9 Å². The molecule has 21 heavy (non-hydrogen) atoms. The summed E-state index contributed by atoms with van der Waals surface area (Å²) in [5, 5.41) is 13.0. The van der Waals surface area contributed by atoms with Crippen LogP contribution in [0, 0.1) is 5.82 Å². The van der Waals surface area contributed by atoms with E-state index in [2.05, 4.69) is 5.32 Å². The van der Waals surface area contributed by atoms with E-state index in [1.807, 2.05) is 19.9 Å². The first-order valence-electron chi connectivity index (χ1n) is 7.17. The molecule has 0 aliphatic carbocycles. The van der Waals surface area contributed by atoms with E-state index in [0.29, 0.717) is 5.69 Å². The number of rotatable bonds is 6. The highest BCUT2D eigenvalue weighted by Gasteiger charge is 2.09. The number of aromatic hydroxyl groups is 1. The summed E-state index contributed by atoms with van der Waals surface area (Å²) in [5.41, 5.74) is 1.71. The van der Waals surface area contributed by atoms with Crippen LogP contribution in [-0.2, 0) is 6.42 Å². The van der Waals surface area contributed by atoms with Crippen molar-refractivity contribution in [1.82, 2.24) is 0 Å². The molecular formula is C17H20FNO2. The van der Waals surface area contributed by atoms with Gasteiger partial charge in [-0.15, -0.1) is 0 Å². The predicted molar refractivity (Wildman–Crippen MR) is 82.7 cm³/mol. The first kappa shape index (κ1) is 15.2. The van der Waals surface area contributed by atoms with Crippen LogP contribution in [0.2, 0.25) is 0 Å². The van der Waals surface area contributed by atoms with Crippen molar-refractivity contribution in [3.63, 3.8) is 0 Å². The SMILES string of the molecule is CCCNc1ccc(Oc2ccc(CC)cc2O)c(F)c1. The van der Waals surface area contributed by atoms with Crippen molar-refractivity contribution < 1.29 is 14.2 Å². The summed E-state index contributed by atoms with van der Waals surface area (Å²) in [7, 11) is 0. The standard InChI is InChI=1S/C17H20FNO2/c1-3-9-19-13-6-8-16(14(18)11-13)21-17-7-5-12(4-2)10-15(17)20/h5-8,10-11,19-20H,3-4,9H2,1-2H3. The van der Waals surface area contributed by atoms with Gasteiger partial charge in [0.2, 0.25) is 0 Å². The number of phenols is 1. The number of anilines is 1. The molecule has 2 rings (SSSR count). The lowest BCUT2D eigenvalue weighted by Crippen LogP contribution is -2.00. The molecule has 0 amide bonds. The maximum atomic E-state index is 14.0. The zero-order chi connectivity index (χ0) is 15.2. The maximum absolute atomic E-state index is 14.0. The van der Waals surface area contributed by atoms with Crippen molar-refractivity contribution in [3.05, 3.63) is 47.8 Å². The fraction of sp³-hybridized carbons (Fsp3) is 0.294. The molecule has 0 heterocycles. The first-order valence-corrected chi connectivity index (χ1v) is 7.17. The molecule has 4 heteroatoms. The van der Waals surface area contributed by atoms with Crippen LogP contribution in [0.3, 0.4) is 0 Å². The molecule has 0 atom stereocenters. The molecule has 2 aromatic carbocycles. The Balaban J connectivity index is 2.16. The number of nitrogens with one attached hydrogen (secondary N) is 1. The number of benzene rings is 2. The predicted octanol–water partition coefficient (Wildman–Crippen LogP) is 4.71. The Morgan fingerprint density at radius 3 is 2.48 bits per heavy atom. The summed E-state index contributed by atoms with van der Waals surface area (Å²) in [6.45, 7) is 4.83. The fourth-order valence-corrected chi connectivity index (χ4v) is 1.95. The molecular weight excluding hydrogens is 269 g/mol. The summed E-state index contributed by atoms with van der Waals surface area (Å²) >= 11 is 0. The lowest BCUT2D eigenvalue weighted by Gasteiger charge is -2.11. The smallest absolute Gasteiger partial charge is 0.169 e. The highest BCUT2D eigenvalue weighted by atomic mass is 19.1. The van der Waals surface area contributed by atoms with Crippen LogP contribution in [0.4, 0.5) is 10.1 Å². The lowest BCUT2D eigenvalue weighted by atomic mass is 10.1. The van der Waals surface area contributed by atoms with Crippen LogP contribution in [-0.4, -0.2) is 11.7 Å². The second kappa shape index (κ2) is 6.97. The zero-order valence-electron chi connectivity index (χ0n) is 12.3. The summed E-state index contributed by atoms with van der Waals surface area (Å²) < 4.78 is 19.4. The Morgan fingerprint density at radius 1 is 1.10 bits per heavy atom. The van der Waals surface area contributed by atoms with Gasteiger partial charge in [-0.25, -0.2) is 4.39 Å². The molecule has 0 aromatic heterocycles. The van der Waals surface area contributed by atoms with Crippen molar-refractivity contribution >= 4 is 5.69 Å². The van der Waals surface area contributed by atoms with Crippen LogP contribution in [0.5, 0.6) is 17.2 Å². The van der Waals surface area contributed by atoms with Crippen LogP contribution < -0.4 is 10.1 Å². The van der Waals surface area contributed by atoms with Crippen molar-refractivity contribution in [2.45, 2.75) is 26.7 Å². The van der Waals surface area contributed by atoms with Gasteiger partial charge in [0, 0.05) is 18.3 Å². The molecule has 3 nitrogen and oxygen atoms in total. The molecule has 0 fully saturated rings. The Bertz CT molecular complexity index is 614. The minimum absolute atomic E-state index is 0.0157. The van der Waals surface area contributed by atoms with Crippen LogP contribution in [0.1, 0.15) is 25.8 Å². The van der Waals surface area contributed by atoms with Gasteiger partial charge in [0.1, 0.15) is 0 Å². The quantitative estimate of drug-likeness (QED) is 0.809. The van der Waals surface area contributed by atoms with Gasteiger partial charge in [-0.2, -0.15) is 0 Å². The fourth-order valence-electron chi connectivity index (χ4n) is 1.95. The topological polar surface area (TPSA) is 41.5 Å². The lowest BCUT2D eigenvalue weighted by molar-refractivity contribution is 0.395. The van der Waals surface area contributed by atoms with Crippen molar-refractivity contribution in [1.29, 1.82) is 0 Å². The second-order valence-electron chi connectivity index (χ2n) is 4.83. The molecule has 0 aliphatic heterocycles. The normalized spacial score (nSPS) is 10.4. The number of phenolic OH excluding ortho intramolecular Hbond substituents is 1. The molecule has 0 radical (unpaired) electrons. The third kappa shape index (κ3) is 3.88. The number of aryl methyl sites for hydroxylation is 1. The number of hydrogen-bond acceptors (Lipinski definition) is 3. The van der Waals surface area contributed by atoms with Crippen molar-refractivity contribution in [2.75, 3.05) is 11.9 Å². The van der Waals surface area contributed by atoms with E-state index < -0.39 is 5.82 Å². The van der Waals surface area contributed by atoms with Crippen molar-refractivity contribution in [2.24, 2.45) is 0 Å². The number of hydrogen-bond donors (Lipinski definition) is 2. The maximum Gasteiger partial charge on any atom is 0.169 e. The third-order valence-corrected chi connectivity index (χ3v) is 3.16.